The summed E-state index contributed by atoms with van der Waals surface area (Å²) in [4.78, 5) is 11.8. The van der Waals surface area contributed by atoms with Gasteiger partial charge in [0.15, 0.2) is 0 Å². The van der Waals surface area contributed by atoms with Crippen LogP contribution in [0.25, 0.3) is 0 Å². The molecule has 0 radical (unpaired) electrons. The number of carbonyl (C=O) groups excluding carboxylic acids is 1. The molecule has 0 bridgehead atoms. The molecular formula is C14H25NO2. The standard InChI is InChI=1S/C14H25NO2/c1-10-4-5-12(8-11(10)2)17-13(16)9-14(15)6-3-7-14/h10-12H,3-9,15H2,1-2H3. The zero-order valence-corrected chi connectivity index (χ0v) is 11.1. The van der Waals surface area contributed by atoms with Crippen molar-refractivity contribution in [2.24, 2.45) is 17.6 Å². The van der Waals surface area contributed by atoms with E-state index in [0.717, 1.165) is 38.0 Å². The smallest absolute Gasteiger partial charge is 0.307 e. The van der Waals surface area contributed by atoms with E-state index < -0.39 is 0 Å². The second-order valence-electron chi connectivity index (χ2n) is 6.27. The van der Waals surface area contributed by atoms with Gasteiger partial charge in [0.05, 0.1) is 6.42 Å². The van der Waals surface area contributed by atoms with Crippen molar-refractivity contribution in [1.29, 1.82) is 0 Å². The summed E-state index contributed by atoms with van der Waals surface area (Å²) >= 11 is 0. The first kappa shape index (κ1) is 12.9. The highest BCUT2D eigenvalue weighted by Gasteiger charge is 2.36. The first-order chi connectivity index (χ1) is 7.98. The van der Waals surface area contributed by atoms with Crippen molar-refractivity contribution in [3.63, 3.8) is 0 Å². The molecule has 2 aliphatic rings. The fourth-order valence-corrected chi connectivity index (χ4v) is 2.93. The molecule has 0 spiro atoms. The molecule has 0 saturated heterocycles. The van der Waals surface area contributed by atoms with Gasteiger partial charge in [-0.3, -0.25) is 4.79 Å². The van der Waals surface area contributed by atoms with Crippen LogP contribution in [0.3, 0.4) is 0 Å². The summed E-state index contributed by atoms with van der Waals surface area (Å²) in [5, 5.41) is 0. The van der Waals surface area contributed by atoms with E-state index in [1.807, 2.05) is 0 Å². The maximum atomic E-state index is 11.8. The Morgan fingerprint density at radius 2 is 2.00 bits per heavy atom. The van der Waals surface area contributed by atoms with Crippen LogP contribution in [0.15, 0.2) is 0 Å². The lowest BCUT2D eigenvalue weighted by Gasteiger charge is -2.38. The summed E-state index contributed by atoms with van der Waals surface area (Å²) in [6.45, 7) is 4.53. The van der Waals surface area contributed by atoms with Crippen LogP contribution in [0.5, 0.6) is 0 Å². The zero-order valence-electron chi connectivity index (χ0n) is 11.1. The maximum absolute atomic E-state index is 11.8. The molecule has 2 N–H and O–H groups in total. The molecule has 3 atom stereocenters. The Hall–Kier alpha value is -0.570. The van der Waals surface area contributed by atoms with E-state index in [4.69, 9.17) is 10.5 Å². The first-order valence-corrected chi connectivity index (χ1v) is 6.97. The van der Waals surface area contributed by atoms with Crippen LogP contribution in [-0.4, -0.2) is 17.6 Å². The van der Waals surface area contributed by atoms with Crippen LogP contribution in [0.1, 0.15) is 58.8 Å². The van der Waals surface area contributed by atoms with Gasteiger partial charge in [-0.25, -0.2) is 0 Å². The van der Waals surface area contributed by atoms with Crippen molar-refractivity contribution < 1.29 is 9.53 Å². The van der Waals surface area contributed by atoms with Gasteiger partial charge in [-0.05, 0) is 50.4 Å². The van der Waals surface area contributed by atoms with Gasteiger partial charge in [-0.2, -0.15) is 0 Å². The Balaban J connectivity index is 1.75. The van der Waals surface area contributed by atoms with Crippen LogP contribution >= 0.6 is 0 Å². The van der Waals surface area contributed by atoms with Gasteiger partial charge < -0.3 is 10.5 Å². The Kier molecular flexibility index (Phi) is 3.76. The van der Waals surface area contributed by atoms with Gasteiger partial charge in [0.2, 0.25) is 0 Å². The van der Waals surface area contributed by atoms with Crippen molar-refractivity contribution >= 4 is 5.97 Å². The zero-order chi connectivity index (χ0) is 12.5. The molecule has 0 heterocycles. The normalized spacial score (nSPS) is 36.1. The van der Waals surface area contributed by atoms with E-state index in [-0.39, 0.29) is 17.6 Å². The lowest BCUT2D eigenvalue weighted by atomic mass is 9.75. The lowest BCUT2D eigenvalue weighted by molar-refractivity contribution is -0.154. The summed E-state index contributed by atoms with van der Waals surface area (Å²) in [5.74, 6) is 1.34. The average molecular weight is 239 g/mol. The third-order valence-corrected chi connectivity index (χ3v) is 4.69. The molecule has 0 amide bonds. The highest BCUT2D eigenvalue weighted by atomic mass is 16.5. The van der Waals surface area contributed by atoms with Crippen LogP contribution in [0, 0.1) is 11.8 Å². The first-order valence-electron chi connectivity index (χ1n) is 6.97. The predicted octanol–water partition coefficient (Wildman–Crippen LogP) is 2.63. The molecule has 2 fully saturated rings. The molecule has 17 heavy (non-hydrogen) atoms. The summed E-state index contributed by atoms with van der Waals surface area (Å²) in [6.07, 6.45) is 6.86. The highest BCUT2D eigenvalue weighted by molar-refractivity contribution is 5.71. The average Bonchev–Trinajstić information content (AvgIpc) is 2.21. The van der Waals surface area contributed by atoms with E-state index in [1.54, 1.807) is 0 Å². The maximum Gasteiger partial charge on any atom is 0.307 e. The van der Waals surface area contributed by atoms with Crippen molar-refractivity contribution in [2.75, 3.05) is 0 Å². The monoisotopic (exact) mass is 239 g/mol. The Labute approximate surface area is 104 Å². The molecule has 2 aliphatic carbocycles. The van der Waals surface area contributed by atoms with Crippen LogP contribution in [-0.2, 0) is 9.53 Å². The minimum absolute atomic E-state index is 0.0843. The molecule has 3 unspecified atom stereocenters. The van der Waals surface area contributed by atoms with E-state index >= 15 is 0 Å². The van der Waals surface area contributed by atoms with E-state index in [0.29, 0.717) is 12.3 Å². The van der Waals surface area contributed by atoms with E-state index in [2.05, 4.69) is 13.8 Å². The van der Waals surface area contributed by atoms with Crippen LogP contribution in [0.2, 0.25) is 0 Å². The molecule has 2 saturated carbocycles. The quantitative estimate of drug-likeness (QED) is 0.770. The highest BCUT2D eigenvalue weighted by Crippen LogP contribution is 2.34. The molecule has 2 rings (SSSR count). The Morgan fingerprint density at radius 1 is 1.29 bits per heavy atom. The number of hydrogen-bond acceptors (Lipinski definition) is 3. The lowest BCUT2D eigenvalue weighted by Crippen LogP contribution is -2.48. The molecule has 3 nitrogen and oxygen atoms in total. The van der Waals surface area contributed by atoms with E-state index in [9.17, 15) is 4.79 Å². The van der Waals surface area contributed by atoms with Crippen LogP contribution in [0.4, 0.5) is 0 Å². The third kappa shape index (κ3) is 3.21. The van der Waals surface area contributed by atoms with Gasteiger partial charge in [-0.15, -0.1) is 0 Å². The second kappa shape index (κ2) is 4.97. The number of hydrogen-bond donors (Lipinski definition) is 1. The summed E-state index contributed by atoms with van der Waals surface area (Å²) in [5.41, 5.74) is 5.81. The minimum Gasteiger partial charge on any atom is -0.462 e. The fourth-order valence-electron chi connectivity index (χ4n) is 2.93. The van der Waals surface area contributed by atoms with E-state index in [1.165, 1.54) is 6.42 Å². The fraction of sp³-hybridized carbons (Fsp3) is 0.929. The molecule has 0 aliphatic heterocycles. The Bertz CT molecular complexity index is 286. The number of nitrogens with two attached hydrogens (primary N) is 1. The molecule has 0 aromatic heterocycles. The van der Waals surface area contributed by atoms with Crippen molar-refractivity contribution in [3.8, 4) is 0 Å². The molecular weight excluding hydrogens is 214 g/mol. The molecule has 3 heteroatoms. The summed E-state index contributed by atoms with van der Waals surface area (Å²) in [7, 11) is 0. The van der Waals surface area contributed by atoms with Gasteiger partial charge >= 0.3 is 5.97 Å². The predicted molar refractivity (Wildman–Crippen MR) is 67.4 cm³/mol. The molecule has 0 aromatic carbocycles. The number of carbonyl (C=O) groups is 1. The third-order valence-electron chi connectivity index (χ3n) is 4.69. The number of ether oxygens (including phenoxy) is 1. The van der Waals surface area contributed by atoms with Crippen molar-refractivity contribution in [2.45, 2.75) is 70.4 Å². The van der Waals surface area contributed by atoms with Gasteiger partial charge in [0.25, 0.3) is 0 Å². The minimum atomic E-state index is -0.245. The number of rotatable bonds is 3. The topological polar surface area (TPSA) is 52.3 Å². The SMILES string of the molecule is CC1CCC(OC(=O)CC2(N)CCC2)CC1C. The van der Waals surface area contributed by atoms with Crippen LogP contribution < -0.4 is 5.73 Å². The molecule has 0 aromatic rings. The second-order valence-corrected chi connectivity index (χ2v) is 6.27. The van der Waals surface area contributed by atoms with Crippen molar-refractivity contribution in [1.82, 2.24) is 0 Å². The summed E-state index contributed by atoms with van der Waals surface area (Å²) < 4.78 is 5.56. The van der Waals surface area contributed by atoms with Gasteiger partial charge in [0.1, 0.15) is 6.10 Å². The van der Waals surface area contributed by atoms with Crippen molar-refractivity contribution in [3.05, 3.63) is 0 Å². The Morgan fingerprint density at radius 3 is 2.53 bits per heavy atom. The summed E-state index contributed by atoms with van der Waals surface area (Å²) in [6, 6.07) is 0. The largest absolute Gasteiger partial charge is 0.462 e. The molecule has 98 valence electrons. The van der Waals surface area contributed by atoms with Gasteiger partial charge in [-0.1, -0.05) is 13.8 Å². The number of esters is 1. The van der Waals surface area contributed by atoms with Gasteiger partial charge in [0, 0.05) is 5.54 Å².